The van der Waals surface area contributed by atoms with Crippen molar-refractivity contribution in [1.29, 1.82) is 0 Å². The van der Waals surface area contributed by atoms with Crippen molar-refractivity contribution in [3.05, 3.63) is 52.3 Å². The quantitative estimate of drug-likeness (QED) is 0.387. The molecule has 0 bridgehead atoms. The first kappa shape index (κ1) is 17.1. The van der Waals surface area contributed by atoms with Crippen molar-refractivity contribution in [1.82, 2.24) is 24.3 Å². The number of aromatic nitrogens is 5. The molecule has 0 amide bonds. The molecular weight excluding hydrogens is 366 g/mol. The highest BCUT2D eigenvalue weighted by Gasteiger charge is 2.13. The zero-order chi connectivity index (χ0) is 17.9. The molecule has 0 fully saturated rings. The van der Waals surface area contributed by atoms with Crippen molar-refractivity contribution in [2.45, 2.75) is 31.6 Å². The van der Waals surface area contributed by atoms with E-state index in [1.165, 1.54) is 0 Å². The summed E-state index contributed by atoms with van der Waals surface area (Å²) in [5, 5.41) is 11.7. The number of fused-ring (bicyclic) bond motifs is 1. The summed E-state index contributed by atoms with van der Waals surface area (Å²) in [7, 11) is 0. The highest BCUT2D eigenvalue weighted by Crippen LogP contribution is 2.27. The van der Waals surface area contributed by atoms with Crippen LogP contribution in [0.4, 0.5) is 0 Å². The molecule has 0 aliphatic carbocycles. The molecule has 1 aromatic carbocycles. The number of nitrogens with one attached hydrogen (secondary N) is 1. The van der Waals surface area contributed by atoms with E-state index in [1.807, 2.05) is 30.3 Å². The Hall–Kier alpha value is -2.32. The predicted octanol–water partition coefficient (Wildman–Crippen LogP) is 3.85. The highest BCUT2D eigenvalue weighted by molar-refractivity contribution is 7.99. The lowest BCUT2D eigenvalue weighted by Crippen LogP contribution is -2.17. The molecule has 134 valence electrons. The summed E-state index contributed by atoms with van der Waals surface area (Å²) in [4.78, 5) is 16.1. The first-order valence-electron chi connectivity index (χ1n) is 8.55. The minimum atomic E-state index is -0.0482. The van der Waals surface area contributed by atoms with Gasteiger partial charge < -0.3 is 9.55 Å². The Kier molecular flexibility index (Phi) is 4.94. The van der Waals surface area contributed by atoms with E-state index in [4.69, 9.17) is 0 Å². The second kappa shape index (κ2) is 7.51. The Morgan fingerprint density at radius 2 is 2.04 bits per heavy atom. The molecule has 0 saturated heterocycles. The van der Waals surface area contributed by atoms with Crippen molar-refractivity contribution in [2.24, 2.45) is 0 Å². The number of H-pyrrole nitrogens is 1. The molecule has 3 aromatic heterocycles. The SMILES string of the molecule is CCn1c(SCCCn2c(=O)[nH]c3ccccc32)nnc1-c1cccs1. The number of thioether (sulfide) groups is 1. The minimum absolute atomic E-state index is 0.0482. The Morgan fingerprint density at radius 3 is 2.85 bits per heavy atom. The Morgan fingerprint density at radius 1 is 1.15 bits per heavy atom. The van der Waals surface area contributed by atoms with Crippen LogP contribution in [-0.2, 0) is 13.1 Å². The van der Waals surface area contributed by atoms with E-state index in [0.717, 1.165) is 45.6 Å². The van der Waals surface area contributed by atoms with E-state index in [-0.39, 0.29) is 5.69 Å². The van der Waals surface area contributed by atoms with Crippen LogP contribution in [0.25, 0.3) is 21.7 Å². The molecule has 0 unspecified atom stereocenters. The topological polar surface area (TPSA) is 68.5 Å². The van der Waals surface area contributed by atoms with E-state index in [0.29, 0.717) is 6.54 Å². The number of hydrogen-bond donors (Lipinski definition) is 1. The third-order valence-corrected chi connectivity index (χ3v) is 6.13. The Labute approximate surface area is 158 Å². The van der Waals surface area contributed by atoms with Crippen LogP contribution < -0.4 is 5.69 Å². The number of hydrogen-bond acceptors (Lipinski definition) is 5. The molecule has 26 heavy (non-hydrogen) atoms. The van der Waals surface area contributed by atoms with E-state index in [1.54, 1.807) is 27.7 Å². The van der Waals surface area contributed by atoms with Gasteiger partial charge in [-0.15, -0.1) is 21.5 Å². The molecule has 8 heteroatoms. The number of aryl methyl sites for hydroxylation is 1. The number of para-hydroxylation sites is 2. The fourth-order valence-corrected chi connectivity index (χ4v) is 4.63. The van der Waals surface area contributed by atoms with Crippen molar-refractivity contribution < 1.29 is 0 Å². The van der Waals surface area contributed by atoms with Crippen LogP contribution >= 0.6 is 23.1 Å². The van der Waals surface area contributed by atoms with Crippen molar-refractivity contribution in [2.75, 3.05) is 5.75 Å². The average Bonchev–Trinajstić information content (AvgIpc) is 3.37. The lowest BCUT2D eigenvalue weighted by Gasteiger charge is -2.06. The molecule has 0 saturated carbocycles. The van der Waals surface area contributed by atoms with Crippen LogP contribution in [0.15, 0.2) is 51.7 Å². The maximum absolute atomic E-state index is 12.1. The van der Waals surface area contributed by atoms with Gasteiger partial charge in [0.25, 0.3) is 0 Å². The van der Waals surface area contributed by atoms with Crippen LogP contribution in [-0.4, -0.2) is 30.1 Å². The number of nitrogens with zero attached hydrogens (tertiary/aromatic N) is 4. The van der Waals surface area contributed by atoms with Crippen LogP contribution in [0.5, 0.6) is 0 Å². The first-order chi connectivity index (χ1) is 12.8. The van der Waals surface area contributed by atoms with Crippen molar-refractivity contribution in [3.8, 4) is 10.7 Å². The van der Waals surface area contributed by atoms with Gasteiger partial charge in [0.2, 0.25) is 0 Å². The van der Waals surface area contributed by atoms with Crippen LogP contribution in [0, 0.1) is 0 Å². The van der Waals surface area contributed by atoms with Gasteiger partial charge in [-0.25, -0.2) is 4.79 Å². The minimum Gasteiger partial charge on any atom is -0.306 e. The van der Waals surface area contributed by atoms with Gasteiger partial charge in [-0.05, 0) is 36.9 Å². The maximum Gasteiger partial charge on any atom is 0.326 e. The van der Waals surface area contributed by atoms with Gasteiger partial charge in [0.1, 0.15) is 0 Å². The standard InChI is InChI=1S/C18H19N5OS2/c1-2-22-16(15-9-5-11-25-15)20-21-18(22)26-12-6-10-23-14-8-4-3-7-13(14)19-17(23)24/h3-5,7-9,11H,2,6,10,12H2,1H3,(H,19,24). The number of thiophene rings is 1. The normalized spacial score (nSPS) is 11.4. The molecule has 0 spiro atoms. The lowest BCUT2D eigenvalue weighted by atomic mass is 10.3. The van der Waals surface area contributed by atoms with Crippen molar-refractivity contribution >= 4 is 34.1 Å². The summed E-state index contributed by atoms with van der Waals surface area (Å²) >= 11 is 3.37. The molecule has 3 heterocycles. The molecule has 4 rings (SSSR count). The third kappa shape index (κ3) is 3.22. The largest absolute Gasteiger partial charge is 0.326 e. The smallest absolute Gasteiger partial charge is 0.306 e. The lowest BCUT2D eigenvalue weighted by molar-refractivity contribution is 0.671. The number of rotatable bonds is 7. The number of benzene rings is 1. The average molecular weight is 386 g/mol. The second-order valence-corrected chi connectivity index (χ2v) is 7.84. The molecule has 0 radical (unpaired) electrons. The summed E-state index contributed by atoms with van der Waals surface area (Å²) in [6.07, 6.45) is 0.886. The van der Waals surface area contributed by atoms with Gasteiger partial charge >= 0.3 is 5.69 Å². The fraction of sp³-hybridized carbons (Fsp3) is 0.278. The molecular formula is C18H19N5OS2. The maximum atomic E-state index is 12.1. The van der Waals surface area contributed by atoms with Gasteiger partial charge in [-0.3, -0.25) is 4.57 Å². The monoisotopic (exact) mass is 385 g/mol. The van der Waals surface area contributed by atoms with E-state index >= 15 is 0 Å². The zero-order valence-corrected chi connectivity index (χ0v) is 16.0. The summed E-state index contributed by atoms with van der Waals surface area (Å²) in [5.41, 5.74) is 1.79. The molecule has 0 atom stereocenters. The number of imidazole rings is 1. The third-order valence-electron chi connectivity index (χ3n) is 4.21. The molecule has 4 aromatic rings. The molecule has 6 nitrogen and oxygen atoms in total. The summed E-state index contributed by atoms with van der Waals surface area (Å²) in [5.74, 6) is 1.81. The first-order valence-corrected chi connectivity index (χ1v) is 10.4. The predicted molar refractivity (Wildman–Crippen MR) is 107 cm³/mol. The van der Waals surface area contributed by atoms with Crippen LogP contribution in [0.2, 0.25) is 0 Å². The zero-order valence-electron chi connectivity index (χ0n) is 14.4. The van der Waals surface area contributed by atoms with Gasteiger partial charge in [-0.1, -0.05) is 30.0 Å². The summed E-state index contributed by atoms with van der Waals surface area (Å²) in [6.45, 7) is 3.63. The fourth-order valence-electron chi connectivity index (χ4n) is 2.98. The molecule has 0 aliphatic heterocycles. The van der Waals surface area contributed by atoms with E-state index < -0.39 is 0 Å². The van der Waals surface area contributed by atoms with Gasteiger partial charge in [-0.2, -0.15) is 0 Å². The van der Waals surface area contributed by atoms with Crippen LogP contribution in [0.1, 0.15) is 13.3 Å². The Bertz CT molecular complexity index is 1060. The second-order valence-electron chi connectivity index (χ2n) is 5.83. The van der Waals surface area contributed by atoms with Gasteiger partial charge in [0, 0.05) is 18.8 Å². The Balaban J connectivity index is 1.42. The summed E-state index contributed by atoms with van der Waals surface area (Å²) < 4.78 is 3.95. The van der Waals surface area contributed by atoms with Crippen LogP contribution in [0.3, 0.4) is 0 Å². The summed E-state index contributed by atoms with van der Waals surface area (Å²) in [6, 6.07) is 11.9. The molecule has 1 N–H and O–H groups in total. The van der Waals surface area contributed by atoms with Crippen molar-refractivity contribution in [3.63, 3.8) is 0 Å². The van der Waals surface area contributed by atoms with E-state index in [2.05, 4.69) is 38.1 Å². The van der Waals surface area contributed by atoms with Gasteiger partial charge in [0.15, 0.2) is 11.0 Å². The number of aromatic amines is 1. The van der Waals surface area contributed by atoms with Gasteiger partial charge in [0.05, 0.1) is 15.9 Å². The molecule has 0 aliphatic rings. The highest BCUT2D eigenvalue weighted by atomic mass is 32.2. The van der Waals surface area contributed by atoms with E-state index in [9.17, 15) is 4.79 Å².